The predicted octanol–water partition coefficient (Wildman–Crippen LogP) is 7.58. The highest BCUT2D eigenvalue weighted by atomic mass is 19.4. The molecule has 0 bridgehead atoms. The SMILES string of the molecule is CCCCc1ccc2c(c1)Cc1cc(-c3cc(F)c(OC(F)(F)F)c(F)c3)c(F)cc1-2. The quantitative estimate of drug-likeness (QED) is 0.293. The van der Waals surface area contributed by atoms with Crippen LogP contribution < -0.4 is 4.74 Å². The molecule has 31 heavy (non-hydrogen) atoms. The van der Waals surface area contributed by atoms with Gasteiger partial charge < -0.3 is 4.74 Å². The van der Waals surface area contributed by atoms with E-state index in [2.05, 4.69) is 17.7 Å². The van der Waals surface area contributed by atoms with Crippen molar-refractivity contribution in [2.45, 2.75) is 39.0 Å². The summed E-state index contributed by atoms with van der Waals surface area (Å²) in [6.07, 6.45) is -1.62. The molecule has 0 saturated heterocycles. The number of fused-ring (bicyclic) bond motifs is 3. The van der Waals surface area contributed by atoms with Crippen LogP contribution in [0.25, 0.3) is 22.3 Å². The molecule has 3 aromatic carbocycles. The standard InChI is InChI=1S/C24H18F6O/c1-2-3-4-13-5-6-17-14(7-13)8-15-9-19(20(25)12-18(15)17)16-10-21(26)23(22(27)11-16)31-24(28,29)30/h5-7,9-12H,2-4,8H2,1H3. The summed E-state index contributed by atoms with van der Waals surface area (Å²) >= 11 is 0. The topological polar surface area (TPSA) is 9.23 Å². The molecule has 0 unspecified atom stereocenters. The van der Waals surface area contributed by atoms with Crippen molar-refractivity contribution in [1.82, 2.24) is 0 Å². The minimum absolute atomic E-state index is 0.0888. The summed E-state index contributed by atoms with van der Waals surface area (Å²) in [5.74, 6) is -5.40. The van der Waals surface area contributed by atoms with E-state index in [1.165, 1.54) is 17.7 Å². The Morgan fingerprint density at radius 3 is 2.13 bits per heavy atom. The van der Waals surface area contributed by atoms with Gasteiger partial charge in [-0.25, -0.2) is 13.2 Å². The van der Waals surface area contributed by atoms with Gasteiger partial charge in [0.15, 0.2) is 11.6 Å². The molecule has 162 valence electrons. The third-order valence-electron chi connectivity index (χ3n) is 5.38. The second-order valence-electron chi connectivity index (χ2n) is 7.58. The van der Waals surface area contributed by atoms with Crippen LogP contribution in [0, 0.1) is 17.5 Å². The van der Waals surface area contributed by atoms with Crippen molar-refractivity contribution in [3.8, 4) is 28.0 Å². The lowest BCUT2D eigenvalue weighted by Crippen LogP contribution is -2.19. The Hall–Kier alpha value is -2.96. The minimum atomic E-state index is -5.25. The van der Waals surface area contributed by atoms with Crippen LogP contribution in [0.15, 0.2) is 42.5 Å². The number of hydrogen-bond donors (Lipinski definition) is 0. The van der Waals surface area contributed by atoms with Crippen LogP contribution in [0.3, 0.4) is 0 Å². The lowest BCUT2D eigenvalue weighted by molar-refractivity contribution is -0.276. The fraction of sp³-hybridized carbons (Fsp3) is 0.250. The molecule has 0 N–H and O–H groups in total. The Balaban J connectivity index is 1.70. The third kappa shape index (κ3) is 4.27. The largest absolute Gasteiger partial charge is 0.573 e. The summed E-state index contributed by atoms with van der Waals surface area (Å²) in [4.78, 5) is 0. The van der Waals surface area contributed by atoms with E-state index in [-0.39, 0.29) is 11.1 Å². The Bertz CT molecular complexity index is 1130. The summed E-state index contributed by atoms with van der Waals surface area (Å²) in [5, 5.41) is 0. The molecular formula is C24H18F6O. The first-order chi connectivity index (χ1) is 14.7. The van der Waals surface area contributed by atoms with Gasteiger partial charge in [-0.05, 0) is 76.9 Å². The van der Waals surface area contributed by atoms with Crippen LogP contribution in [0.4, 0.5) is 26.3 Å². The molecule has 3 aromatic rings. The number of alkyl halides is 3. The maximum Gasteiger partial charge on any atom is 0.573 e. The highest BCUT2D eigenvalue weighted by Gasteiger charge is 2.34. The van der Waals surface area contributed by atoms with Gasteiger partial charge in [0, 0.05) is 5.56 Å². The monoisotopic (exact) mass is 436 g/mol. The zero-order valence-electron chi connectivity index (χ0n) is 16.5. The molecule has 0 spiro atoms. The molecule has 0 fully saturated rings. The third-order valence-corrected chi connectivity index (χ3v) is 5.38. The van der Waals surface area contributed by atoms with E-state index < -0.39 is 29.6 Å². The number of halogens is 6. The molecule has 0 heterocycles. The van der Waals surface area contributed by atoms with Gasteiger partial charge in [0.05, 0.1) is 0 Å². The second-order valence-corrected chi connectivity index (χ2v) is 7.58. The zero-order chi connectivity index (χ0) is 22.3. The molecule has 0 radical (unpaired) electrons. The van der Waals surface area contributed by atoms with E-state index in [0.29, 0.717) is 24.1 Å². The van der Waals surface area contributed by atoms with Crippen LogP contribution in [0.1, 0.15) is 36.5 Å². The molecule has 0 aliphatic heterocycles. The van der Waals surface area contributed by atoms with Gasteiger partial charge in [-0.1, -0.05) is 31.5 Å². The lowest BCUT2D eigenvalue weighted by Gasteiger charge is -2.13. The fourth-order valence-electron chi connectivity index (χ4n) is 3.96. The average Bonchev–Trinajstić information content (AvgIpc) is 3.04. The molecule has 1 aliphatic carbocycles. The van der Waals surface area contributed by atoms with Gasteiger partial charge in [-0.3, -0.25) is 0 Å². The first-order valence-electron chi connectivity index (χ1n) is 9.86. The Morgan fingerprint density at radius 1 is 0.806 bits per heavy atom. The van der Waals surface area contributed by atoms with Crippen molar-refractivity contribution >= 4 is 0 Å². The maximum absolute atomic E-state index is 14.8. The molecule has 0 aromatic heterocycles. The van der Waals surface area contributed by atoms with Crippen molar-refractivity contribution in [2.24, 2.45) is 0 Å². The van der Waals surface area contributed by atoms with Crippen molar-refractivity contribution in [3.05, 3.63) is 76.6 Å². The molecule has 0 saturated carbocycles. The van der Waals surface area contributed by atoms with Crippen molar-refractivity contribution in [1.29, 1.82) is 0 Å². The normalized spacial score (nSPS) is 12.6. The van der Waals surface area contributed by atoms with Crippen molar-refractivity contribution in [3.63, 3.8) is 0 Å². The molecule has 1 aliphatic rings. The highest BCUT2D eigenvalue weighted by molar-refractivity contribution is 5.81. The summed E-state index contributed by atoms with van der Waals surface area (Å²) < 4.78 is 83.5. The number of benzene rings is 3. The number of unbranched alkanes of at least 4 members (excludes halogenated alkanes) is 1. The van der Waals surface area contributed by atoms with Crippen molar-refractivity contribution in [2.75, 3.05) is 0 Å². The lowest BCUT2D eigenvalue weighted by atomic mass is 9.97. The second kappa shape index (κ2) is 7.94. The van der Waals surface area contributed by atoms with Gasteiger partial charge in [0.1, 0.15) is 5.82 Å². The number of rotatable bonds is 5. The minimum Gasteiger partial charge on any atom is -0.399 e. The smallest absolute Gasteiger partial charge is 0.399 e. The fourth-order valence-corrected chi connectivity index (χ4v) is 3.96. The maximum atomic E-state index is 14.8. The van der Waals surface area contributed by atoms with Gasteiger partial charge in [-0.2, -0.15) is 0 Å². The summed E-state index contributed by atoms with van der Waals surface area (Å²) in [6.45, 7) is 2.11. The van der Waals surface area contributed by atoms with E-state index in [1.807, 2.05) is 12.1 Å². The Kier molecular flexibility index (Phi) is 5.45. The van der Waals surface area contributed by atoms with Crippen LogP contribution >= 0.6 is 0 Å². The summed E-state index contributed by atoms with van der Waals surface area (Å²) in [5.41, 5.74) is 4.35. The van der Waals surface area contributed by atoms with E-state index >= 15 is 0 Å². The van der Waals surface area contributed by atoms with Gasteiger partial charge in [0.2, 0.25) is 5.75 Å². The van der Waals surface area contributed by atoms with E-state index in [0.717, 1.165) is 36.0 Å². The number of aryl methyl sites for hydroxylation is 1. The van der Waals surface area contributed by atoms with Crippen LogP contribution in [-0.4, -0.2) is 6.36 Å². The average molecular weight is 436 g/mol. The van der Waals surface area contributed by atoms with Crippen molar-refractivity contribution < 1.29 is 31.1 Å². The zero-order valence-corrected chi connectivity index (χ0v) is 16.5. The molecule has 0 atom stereocenters. The Morgan fingerprint density at radius 2 is 1.48 bits per heavy atom. The van der Waals surface area contributed by atoms with E-state index in [9.17, 15) is 26.3 Å². The molecule has 7 heteroatoms. The first kappa shape index (κ1) is 21.3. The van der Waals surface area contributed by atoms with Crippen LogP contribution in [0.2, 0.25) is 0 Å². The Labute approximate surface area is 175 Å². The van der Waals surface area contributed by atoms with E-state index in [4.69, 9.17) is 0 Å². The van der Waals surface area contributed by atoms with Crippen LogP contribution in [0.5, 0.6) is 5.75 Å². The van der Waals surface area contributed by atoms with E-state index in [1.54, 1.807) is 0 Å². The first-order valence-corrected chi connectivity index (χ1v) is 9.86. The number of ether oxygens (including phenoxy) is 1. The summed E-state index contributed by atoms with van der Waals surface area (Å²) in [6, 6.07) is 10.1. The van der Waals surface area contributed by atoms with Gasteiger partial charge in [0.25, 0.3) is 0 Å². The predicted molar refractivity (Wildman–Crippen MR) is 105 cm³/mol. The molecule has 0 amide bonds. The number of hydrogen-bond acceptors (Lipinski definition) is 1. The van der Waals surface area contributed by atoms with Crippen LogP contribution in [-0.2, 0) is 12.8 Å². The molecule has 4 rings (SSSR count). The molecular weight excluding hydrogens is 418 g/mol. The molecule has 1 nitrogen and oxygen atoms in total. The summed E-state index contributed by atoms with van der Waals surface area (Å²) in [7, 11) is 0. The van der Waals surface area contributed by atoms with Gasteiger partial charge in [-0.15, -0.1) is 13.2 Å². The van der Waals surface area contributed by atoms with Gasteiger partial charge >= 0.3 is 6.36 Å². The highest BCUT2D eigenvalue weighted by Crippen LogP contribution is 2.41.